The molecule has 0 heterocycles. The summed E-state index contributed by atoms with van der Waals surface area (Å²) in [6, 6.07) is 0. The second-order valence-electron chi connectivity index (χ2n) is 4.22. The Kier molecular flexibility index (Phi) is 7.96. The fourth-order valence-electron chi connectivity index (χ4n) is 0.969. The van der Waals surface area contributed by atoms with E-state index in [1.54, 1.807) is 6.92 Å². The van der Waals surface area contributed by atoms with Crippen molar-refractivity contribution in [3.8, 4) is 0 Å². The molecule has 6 nitrogen and oxygen atoms in total. The van der Waals surface area contributed by atoms with Crippen molar-refractivity contribution in [3.63, 3.8) is 0 Å². The molecule has 0 bridgehead atoms. The standard InChI is InChI=1S/C14H20O6/c1-6-12(15)20-11(7-18-13(16)9(2)3)8-19-14(17)10(4)5/h11H,2,4,6-8H2,1,3,5H3. The SMILES string of the molecule is C=C(C)C(=O)OCC(COC(=O)C(=C)C)OC(=O)CC. The molecular weight excluding hydrogens is 264 g/mol. The van der Waals surface area contributed by atoms with Crippen LogP contribution in [0.5, 0.6) is 0 Å². The first-order chi connectivity index (χ1) is 9.27. The summed E-state index contributed by atoms with van der Waals surface area (Å²) < 4.78 is 14.8. The van der Waals surface area contributed by atoms with E-state index in [9.17, 15) is 14.4 Å². The summed E-state index contributed by atoms with van der Waals surface area (Å²) in [6.07, 6.45) is -0.687. The summed E-state index contributed by atoms with van der Waals surface area (Å²) >= 11 is 0. The molecule has 0 N–H and O–H groups in total. The van der Waals surface area contributed by atoms with Crippen LogP contribution in [0.2, 0.25) is 0 Å². The van der Waals surface area contributed by atoms with Gasteiger partial charge in [-0.15, -0.1) is 0 Å². The highest BCUT2D eigenvalue weighted by molar-refractivity contribution is 5.87. The molecule has 0 saturated heterocycles. The Morgan fingerprint density at radius 2 is 1.35 bits per heavy atom. The van der Waals surface area contributed by atoms with Gasteiger partial charge in [-0.05, 0) is 13.8 Å². The first kappa shape index (κ1) is 17.9. The van der Waals surface area contributed by atoms with E-state index in [0.717, 1.165) is 0 Å². The lowest BCUT2D eigenvalue weighted by molar-refractivity contribution is -0.164. The maximum absolute atomic E-state index is 11.3. The molecule has 0 aliphatic carbocycles. The lowest BCUT2D eigenvalue weighted by Gasteiger charge is -2.17. The van der Waals surface area contributed by atoms with E-state index in [4.69, 9.17) is 14.2 Å². The van der Waals surface area contributed by atoms with Crippen molar-refractivity contribution in [2.45, 2.75) is 33.3 Å². The van der Waals surface area contributed by atoms with Crippen LogP contribution in [0.1, 0.15) is 27.2 Å². The minimum atomic E-state index is -0.853. The van der Waals surface area contributed by atoms with Gasteiger partial charge >= 0.3 is 17.9 Å². The van der Waals surface area contributed by atoms with E-state index in [2.05, 4.69) is 13.2 Å². The molecule has 0 rings (SSSR count). The lowest BCUT2D eigenvalue weighted by Crippen LogP contribution is -2.30. The number of hydrogen-bond donors (Lipinski definition) is 0. The Balaban J connectivity index is 4.44. The number of esters is 3. The van der Waals surface area contributed by atoms with E-state index in [1.165, 1.54) is 13.8 Å². The molecule has 0 atom stereocenters. The van der Waals surface area contributed by atoms with Gasteiger partial charge in [0.2, 0.25) is 0 Å². The number of carbonyl (C=O) groups excluding carboxylic acids is 3. The van der Waals surface area contributed by atoms with Crippen molar-refractivity contribution in [3.05, 3.63) is 24.3 Å². The molecule has 0 spiro atoms. The minimum Gasteiger partial charge on any atom is -0.458 e. The van der Waals surface area contributed by atoms with Gasteiger partial charge in [-0.2, -0.15) is 0 Å². The monoisotopic (exact) mass is 284 g/mol. The van der Waals surface area contributed by atoms with Crippen LogP contribution in [0.4, 0.5) is 0 Å². The maximum Gasteiger partial charge on any atom is 0.333 e. The number of hydrogen-bond acceptors (Lipinski definition) is 6. The third kappa shape index (κ3) is 7.35. The average molecular weight is 284 g/mol. The molecule has 0 fully saturated rings. The third-order valence-electron chi connectivity index (χ3n) is 2.08. The molecule has 112 valence electrons. The average Bonchev–Trinajstić information content (AvgIpc) is 2.40. The largest absolute Gasteiger partial charge is 0.458 e. The van der Waals surface area contributed by atoms with E-state index in [0.29, 0.717) is 0 Å². The summed E-state index contributed by atoms with van der Waals surface area (Å²) in [5.74, 6) is -1.68. The molecule has 0 saturated carbocycles. The Bertz CT molecular complexity index is 380. The quantitative estimate of drug-likeness (QED) is 0.382. The van der Waals surface area contributed by atoms with Gasteiger partial charge < -0.3 is 14.2 Å². The molecule has 0 unspecified atom stereocenters. The summed E-state index contributed by atoms with van der Waals surface area (Å²) in [5, 5.41) is 0. The highest BCUT2D eigenvalue weighted by Crippen LogP contribution is 2.03. The topological polar surface area (TPSA) is 78.9 Å². The van der Waals surface area contributed by atoms with Crippen LogP contribution in [-0.4, -0.2) is 37.2 Å². The Morgan fingerprint density at radius 1 is 0.950 bits per heavy atom. The zero-order chi connectivity index (χ0) is 15.7. The van der Waals surface area contributed by atoms with E-state index < -0.39 is 24.0 Å². The van der Waals surface area contributed by atoms with Gasteiger partial charge in [-0.1, -0.05) is 20.1 Å². The van der Waals surface area contributed by atoms with E-state index in [1.807, 2.05) is 0 Å². The maximum atomic E-state index is 11.3. The predicted molar refractivity (Wildman–Crippen MR) is 71.7 cm³/mol. The van der Waals surface area contributed by atoms with Crippen LogP contribution >= 0.6 is 0 Å². The molecule has 6 heteroatoms. The molecule has 0 radical (unpaired) electrons. The molecule has 0 aromatic heterocycles. The molecule has 0 amide bonds. The Labute approximate surface area is 118 Å². The second-order valence-corrected chi connectivity index (χ2v) is 4.22. The van der Waals surface area contributed by atoms with Gasteiger partial charge in [0.15, 0.2) is 6.10 Å². The van der Waals surface area contributed by atoms with Gasteiger partial charge in [-0.3, -0.25) is 4.79 Å². The fraction of sp³-hybridized carbons (Fsp3) is 0.500. The normalized spacial score (nSPS) is 9.80. The number of carbonyl (C=O) groups is 3. The van der Waals surface area contributed by atoms with Crippen LogP contribution < -0.4 is 0 Å². The highest BCUT2D eigenvalue weighted by atomic mass is 16.6. The summed E-state index contributed by atoms with van der Waals surface area (Å²) in [4.78, 5) is 33.8. The van der Waals surface area contributed by atoms with Crippen molar-refractivity contribution in [1.82, 2.24) is 0 Å². The van der Waals surface area contributed by atoms with Crippen LogP contribution in [0, 0.1) is 0 Å². The molecule has 0 aliphatic heterocycles. The molecule has 0 aromatic rings. The number of rotatable bonds is 8. The van der Waals surface area contributed by atoms with Gasteiger partial charge in [0.1, 0.15) is 13.2 Å². The van der Waals surface area contributed by atoms with Gasteiger partial charge in [0, 0.05) is 17.6 Å². The first-order valence-corrected chi connectivity index (χ1v) is 6.12. The van der Waals surface area contributed by atoms with E-state index in [-0.39, 0.29) is 30.8 Å². The van der Waals surface area contributed by atoms with Crippen LogP contribution in [0.3, 0.4) is 0 Å². The Morgan fingerprint density at radius 3 is 1.65 bits per heavy atom. The predicted octanol–water partition coefficient (Wildman–Crippen LogP) is 1.55. The summed E-state index contributed by atoms with van der Waals surface area (Å²) in [6.45, 7) is 11.1. The van der Waals surface area contributed by atoms with Crippen LogP contribution in [0.15, 0.2) is 24.3 Å². The summed E-state index contributed by atoms with van der Waals surface area (Å²) in [7, 11) is 0. The van der Waals surface area contributed by atoms with Crippen LogP contribution in [-0.2, 0) is 28.6 Å². The van der Waals surface area contributed by atoms with Crippen molar-refractivity contribution >= 4 is 17.9 Å². The van der Waals surface area contributed by atoms with Crippen molar-refractivity contribution < 1.29 is 28.6 Å². The smallest absolute Gasteiger partial charge is 0.333 e. The number of ether oxygens (including phenoxy) is 3. The summed E-state index contributed by atoms with van der Waals surface area (Å²) in [5.41, 5.74) is 0.453. The van der Waals surface area contributed by atoms with Gasteiger partial charge in [-0.25, -0.2) is 9.59 Å². The van der Waals surface area contributed by atoms with Gasteiger partial charge in [0.05, 0.1) is 0 Å². The zero-order valence-electron chi connectivity index (χ0n) is 12.1. The zero-order valence-corrected chi connectivity index (χ0v) is 12.1. The lowest BCUT2D eigenvalue weighted by atomic mass is 10.3. The van der Waals surface area contributed by atoms with Crippen LogP contribution in [0.25, 0.3) is 0 Å². The molecule has 0 aromatic carbocycles. The molecular formula is C14H20O6. The molecule has 0 aliphatic rings. The second kappa shape index (κ2) is 8.90. The minimum absolute atomic E-state index is 0.166. The van der Waals surface area contributed by atoms with Crippen molar-refractivity contribution in [1.29, 1.82) is 0 Å². The Hall–Kier alpha value is -2.11. The van der Waals surface area contributed by atoms with Gasteiger partial charge in [0.25, 0.3) is 0 Å². The third-order valence-corrected chi connectivity index (χ3v) is 2.08. The molecule has 20 heavy (non-hydrogen) atoms. The van der Waals surface area contributed by atoms with Crippen molar-refractivity contribution in [2.24, 2.45) is 0 Å². The van der Waals surface area contributed by atoms with E-state index >= 15 is 0 Å². The fourth-order valence-corrected chi connectivity index (χ4v) is 0.969. The first-order valence-electron chi connectivity index (χ1n) is 6.12. The highest BCUT2D eigenvalue weighted by Gasteiger charge is 2.19. The van der Waals surface area contributed by atoms with Crippen molar-refractivity contribution in [2.75, 3.05) is 13.2 Å².